The average molecular weight is 1370 g/mol. The molecule has 0 unspecified atom stereocenters. The molecule has 510 valence electrons. The van der Waals surface area contributed by atoms with E-state index in [2.05, 4.69) is 31.9 Å². The number of fused-ring (bicyclic) bond motifs is 2. The summed E-state index contributed by atoms with van der Waals surface area (Å²) in [5.41, 5.74) is 6.73. The molecule has 2 heterocycles. The first-order chi connectivity index (χ1) is 47.4. The van der Waals surface area contributed by atoms with E-state index >= 15 is 0 Å². The first kappa shape index (κ1) is 71.7. The summed E-state index contributed by atoms with van der Waals surface area (Å²) in [4.78, 5) is 139. The predicted molar refractivity (Wildman–Crippen MR) is 365 cm³/mol. The van der Waals surface area contributed by atoms with Crippen molar-refractivity contribution in [2.75, 3.05) is 40.4 Å². The molecule has 2 aliphatic rings. The Morgan fingerprint density at radius 2 is 0.735 bits per heavy atom. The molecule has 0 aromatic heterocycles. The molecule has 22 nitrogen and oxygen atoms in total. The second-order valence-corrected chi connectivity index (χ2v) is 24.4. The van der Waals surface area contributed by atoms with Crippen molar-refractivity contribution in [2.45, 2.75) is 103 Å². The number of unbranched alkanes of at least 4 members (excludes halogenated alkanes) is 2. The van der Waals surface area contributed by atoms with Crippen molar-refractivity contribution in [3.63, 3.8) is 0 Å². The van der Waals surface area contributed by atoms with E-state index in [0.29, 0.717) is 70.8 Å². The Labute approximate surface area is 577 Å². The number of hydrogen-bond acceptors (Lipinski definition) is 14. The van der Waals surface area contributed by atoms with Crippen molar-refractivity contribution in [1.82, 2.24) is 41.7 Å². The van der Waals surface area contributed by atoms with E-state index in [1.54, 1.807) is 101 Å². The molecule has 7 aromatic rings. The number of rotatable bonds is 30. The van der Waals surface area contributed by atoms with E-state index in [0.717, 1.165) is 22.3 Å². The molecule has 0 aliphatic carbocycles. The van der Waals surface area contributed by atoms with Crippen molar-refractivity contribution >= 4 is 82.8 Å². The maximum Gasteiger partial charge on any atom is 0.408 e. The number of carbonyl (C=O) groups excluding carboxylic acids is 10. The summed E-state index contributed by atoms with van der Waals surface area (Å²) < 4.78 is 20.4. The lowest BCUT2D eigenvalue weighted by Crippen LogP contribution is -2.41. The highest BCUT2D eigenvalue weighted by atomic mass is 35.5. The highest BCUT2D eigenvalue weighted by Crippen LogP contribution is 2.31. The first-order valence-corrected chi connectivity index (χ1v) is 32.9. The highest BCUT2D eigenvalue weighted by Gasteiger charge is 2.33. The minimum atomic E-state index is -1.01. The summed E-state index contributed by atoms with van der Waals surface area (Å²) in [6, 6.07) is 43.3. The molecule has 0 saturated heterocycles. The average Bonchev–Trinajstić information content (AvgIpc) is 1.61. The molecule has 0 fully saturated rings. The lowest BCUT2D eigenvalue weighted by molar-refractivity contribution is -0.144. The van der Waals surface area contributed by atoms with Crippen molar-refractivity contribution in [3.8, 4) is 0 Å². The van der Waals surface area contributed by atoms with Crippen LogP contribution in [0.15, 0.2) is 158 Å². The lowest BCUT2D eigenvalue weighted by Gasteiger charge is -2.18. The molecule has 0 spiro atoms. The molecule has 7 aromatic carbocycles. The maximum absolute atomic E-state index is 14.5. The van der Waals surface area contributed by atoms with Crippen LogP contribution >= 0.6 is 23.2 Å². The Kier molecular flexibility index (Phi) is 25.9. The topological polar surface area (TPSA) is 286 Å². The number of esters is 2. The second kappa shape index (κ2) is 35.4. The van der Waals surface area contributed by atoms with Crippen molar-refractivity contribution in [1.29, 1.82) is 0 Å². The third kappa shape index (κ3) is 20.2. The largest absolute Gasteiger partial charge is 0.467 e. The van der Waals surface area contributed by atoms with Gasteiger partial charge in [0.1, 0.15) is 25.3 Å². The number of benzene rings is 7. The van der Waals surface area contributed by atoms with E-state index in [-0.39, 0.29) is 112 Å². The van der Waals surface area contributed by atoms with Gasteiger partial charge in [0.2, 0.25) is 0 Å². The summed E-state index contributed by atoms with van der Waals surface area (Å²) in [5, 5.41) is 17.9. The van der Waals surface area contributed by atoms with E-state index in [9.17, 15) is 47.9 Å². The number of carbonyl (C=O) groups is 10. The number of halogens is 2. The van der Waals surface area contributed by atoms with Crippen LogP contribution in [0.4, 0.5) is 9.59 Å². The summed E-state index contributed by atoms with van der Waals surface area (Å²) in [6.45, 7) is 1.11. The quantitative estimate of drug-likeness (QED) is 0.0139. The van der Waals surface area contributed by atoms with Gasteiger partial charge in [-0.3, -0.25) is 28.8 Å². The monoisotopic (exact) mass is 1370 g/mol. The van der Waals surface area contributed by atoms with Crippen LogP contribution in [0, 0.1) is 0 Å². The lowest BCUT2D eigenvalue weighted by atomic mass is 9.98. The van der Waals surface area contributed by atoms with Gasteiger partial charge in [0, 0.05) is 73.5 Å². The van der Waals surface area contributed by atoms with Gasteiger partial charge in [0.15, 0.2) is 0 Å². The van der Waals surface area contributed by atoms with Crippen LogP contribution in [0.1, 0.15) is 145 Å². The van der Waals surface area contributed by atoms with Gasteiger partial charge in [0.25, 0.3) is 35.4 Å². The first-order valence-electron chi connectivity index (χ1n) is 32.2. The Hall–Kier alpha value is -10.6. The van der Waals surface area contributed by atoms with Crippen LogP contribution < -0.4 is 31.9 Å². The van der Waals surface area contributed by atoms with Gasteiger partial charge >= 0.3 is 24.1 Å². The molecule has 0 radical (unpaired) electrons. The van der Waals surface area contributed by atoms with E-state index in [4.69, 9.17) is 42.1 Å². The molecule has 0 saturated carbocycles. The van der Waals surface area contributed by atoms with E-state index < -0.39 is 71.7 Å². The number of alkyl carbamates (subject to hydrolysis) is 2. The Bertz CT molecular complexity index is 3770. The minimum absolute atomic E-state index is 0.00360. The number of nitrogens with one attached hydrogen (secondary N) is 6. The molecule has 24 heteroatoms. The van der Waals surface area contributed by atoms with Gasteiger partial charge in [-0.25, -0.2) is 19.2 Å². The van der Waals surface area contributed by atoms with Gasteiger partial charge in [-0.1, -0.05) is 114 Å². The molecule has 9 rings (SSSR count). The smallest absolute Gasteiger partial charge is 0.408 e. The Balaban J connectivity index is 0.838. The van der Waals surface area contributed by atoms with Crippen molar-refractivity contribution < 1.29 is 66.9 Å². The zero-order chi connectivity index (χ0) is 69.5. The van der Waals surface area contributed by atoms with Gasteiger partial charge in [0.05, 0.1) is 36.5 Å². The number of methoxy groups -OCH3 is 2. The normalized spacial score (nSPS) is 12.6. The van der Waals surface area contributed by atoms with Crippen molar-refractivity contribution in [3.05, 3.63) is 246 Å². The number of ether oxygens (including phenoxy) is 4. The second-order valence-electron chi connectivity index (χ2n) is 23.6. The molecule has 2 atom stereocenters. The van der Waals surface area contributed by atoms with Crippen LogP contribution in [-0.4, -0.2) is 122 Å². The van der Waals surface area contributed by atoms with Crippen LogP contribution in [0.25, 0.3) is 0 Å². The maximum atomic E-state index is 14.5. The Morgan fingerprint density at radius 3 is 1.07 bits per heavy atom. The molecular formula is C74H76Cl2N8O14. The minimum Gasteiger partial charge on any atom is -0.467 e. The molecule has 6 N–H and O–H groups in total. The van der Waals surface area contributed by atoms with Gasteiger partial charge < -0.3 is 60.6 Å². The highest BCUT2D eigenvalue weighted by molar-refractivity contribution is 6.30. The molecule has 0 bridgehead atoms. The number of nitrogens with zero attached hydrogens (tertiary/aromatic N) is 2. The molecule has 98 heavy (non-hydrogen) atoms. The third-order valence-corrected chi connectivity index (χ3v) is 17.2. The SMILES string of the molecule is COC(=O)[C@H](CCCCNC(=O)c1cc2c(cc1C(=O)NCCc1ccc(Cl)cc1)CN(C(=O)c1cccc(C(=O)N3Cc4cc(C(=O)NCCCC[C@H](NC(=O)OCc5ccccc5)C(=O)OC)c(C(=O)NCCc5ccc(Cl)cc5)cc4C3)c1)C2)NC(=O)OCc1ccccc1. The molecule has 2 aliphatic heterocycles. The zero-order valence-electron chi connectivity index (χ0n) is 54.3. The summed E-state index contributed by atoms with van der Waals surface area (Å²) in [7, 11) is 2.43. The molecule has 8 amide bonds. The van der Waals surface area contributed by atoms with E-state index in [1.165, 1.54) is 20.3 Å². The van der Waals surface area contributed by atoms with Gasteiger partial charge in [-0.15, -0.1) is 0 Å². The number of amides is 8. The zero-order valence-corrected chi connectivity index (χ0v) is 55.8. The van der Waals surface area contributed by atoms with Crippen LogP contribution in [-0.2, 0) is 80.8 Å². The fourth-order valence-electron chi connectivity index (χ4n) is 11.4. The van der Waals surface area contributed by atoms with Gasteiger partial charge in [-0.2, -0.15) is 0 Å². The standard InChI is InChI=1S/C74H76Cl2N8O14/c1-95-71(91)63(81-73(93)97-45-49-14-5-3-6-15-49)20-9-11-32-77-65(85)59-37-53-41-83(43-55(53)39-61(59)67(87)79-34-30-47-22-26-57(75)27-23-47)69(89)51-18-13-19-52(36-51)70(90)84-42-54-38-60(62(40-56(54)44-84)68(88)80-35-31-48-24-28-58(76)29-25-48)66(86)78-33-12-10-21-64(72(92)96-2)82-74(94)98-46-50-16-7-4-8-17-50/h3-8,13-19,22-29,36-40,63-64H,9-12,20-21,30-35,41-46H2,1-2H3,(H,77,85)(H,78,86)(H,79,87)(H,80,88)(H,81,93)(H,82,94)/t63-,64-/m0/s1. The summed E-state index contributed by atoms with van der Waals surface area (Å²) in [6.07, 6.45) is 1.29. The summed E-state index contributed by atoms with van der Waals surface area (Å²) >= 11 is 12.2. The summed E-state index contributed by atoms with van der Waals surface area (Å²) in [5.74, 6) is -4.24. The third-order valence-electron chi connectivity index (χ3n) is 16.7. The number of hydrogen-bond donors (Lipinski definition) is 6. The van der Waals surface area contributed by atoms with Crippen molar-refractivity contribution in [2.24, 2.45) is 0 Å². The Morgan fingerprint density at radius 1 is 0.398 bits per heavy atom. The van der Waals surface area contributed by atoms with Gasteiger partial charge in [-0.05, 0) is 163 Å². The van der Waals surface area contributed by atoms with Crippen LogP contribution in [0.3, 0.4) is 0 Å². The molecular weight excluding hydrogens is 1300 g/mol. The predicted octanol–water partition coefficient (Wildman–Crippen LogP) is 9.99. The van der Waals surface area contributed by atoms with Crippen LogP contribution in [0.5, 0.6) is 0 Å². The fraction of sp³-hybridized carbons (Fsp3) is 0.297. The fourth-order valence-corrected chi connectivity index (χ4v) is 11.6. The van der Waals surface area contributed by atoms with E-state index in [1.807, 2.05) is 60.7 Å². The van der Waals surface area contributed by atoms with Crippen LogP contribution in [0.2, 0.25) is 10.0 Å².